The van der Waals surface area contributed by atoms with E-state index >= 15 is 0 Å². The molecule has 0 spiro atoms. The Hall–Kier alpha value is -1.12. The average molecular weight is 181 g/mol. The molecule has 0 aliphatic rings. The van der Waals surface area contributed by atoms with Crippen LogP contribution in [0.25, 0.3) is 0 Å². The van der Waals surface area contributed by atoms with Gasteiger partial charge in [0.05, 0.1) is 11.3 Å². The zero-order chi connectivity index (χ0) is 10.2. The molecule has 0 amide bonds. The SMILES string of the molecule is Cc1nc(C(C)(C)C)c(C)c(=O)o1. The lowest BCUT2D eigenvalue weighted by molar-refractivity contribution is 0.428. The smallest absolute Gasteiger partial charge is 0.342 e. The second-order valence-corrected chi connectivity index (χ2v) is 4.24. The standard InChI is InChI=1S/C10H15NO2/c1-6-8(10(3,4)5)11-7(2)13-9(6)12/h1-5H3. The Bertz CT molecular complexity index is 371. The molecule has 0 saturated heterocycles. The minimum absolute atomic E-state index is 0.106. The van der Waals surface area contributed by atoms with Gasteiger partial charge >= 0.3 is 5.63 Å². The highest BCUT2D eigenvalue weighted by Gasteiger charge is 2.20. The molecule has 0 aliphatic carbocycles. The Morgan fingerprint density at radius 2 is 1.77 bits per heavy atom. The fourth-order valence-corrected chi connectivity index (χ4v) is 1.30. The van der Waals surface area contributed by atoms with E-state index in [9.17, 15) is 4.79 Å². The van der Waals surface area contributed by atoms with Gasteiger partial charge in [-0.15, -0.1) is 0 Å². The van der Waals surface area contributed by atoms with Crippen molar-refractivity contribution >= 4 is 0 Å². The largest absolute Gasteiger partial charge is 0.408 e. The zero-order valence-corrected chi connectivity index (χ0v) is 8.76. The van der Waals surface area contributed by atoms with Gasteiger partial charge in [0.1, 0.15) is 0 Å². The van der Waals surface area contributed by atoms with Gasteiger partial charge in [-0.1, -0.05) is 20.8 Å². The molecule has 0 N–H and O–H groups in total. The summed E-state index contributed by atoms with van der Waals surface area (Å²) in [7, 11) is 0. The number of hydrogen-bond donors (Lipinski definition) is 0. The normalized spacial score (nSPS) is 11.8. The topological polar surface area (TPSA) is 43.1 Å². The first-order valence-corrected chi connectivity index (χ1v) is 4.31. The van der Waals surface area contributed by atoms with Crippen LogP contribution in [0.3, 0.4) is 0 Å². The third-order valence-electron chi connectivity index (χ3n) is 1.88. The summed E-state index contributed by atoms with van der Waals surface area (Å²) in [5, 5.41) is 0. The molecule has 0 radical (unpaired) electrons. The molecular formula is C10H15NO2. The monoisotopic (exact) mass is 181 g/mol. The number of aryl methyl sites for hydroxylation is 1. The third kappa shape index (κ3) is 1.97. The molecule has 72 valence electrons. The first kappa shape index (κ1) is 9.96. The van der Waals surface area contributed by atoms with Gasteiger partial charge < -0.3 is 4.42 Å². The van der Waals surface area contributed by atoms with Crippen LogP contribution in [0.1, 0.15) is 37.9 Å². The molecule has 3 heteroatoms. The molecule has 3 nitrogen and oxygen atoms in total. The first-order chi connectivity index (χ1) is 5.82. The minimum Gasteiger partial charge on any atom is -0.408 e. The van der Waals surface area contributed by atoms with Crippen molar-refractivity contribution in [2.45, 2.75) is 40.0 Å². The zero-order valence-electron chi connectivity index (χ0n) is 8.76. The first-order valence-electron chi connectivity index (χ1n) is 4.31. The van der Waals surface area contributed by atoms with Crippen molar-refractivity contribution in [1.82, 2.24) is 4.98 Å². The molecule has 0 saturated carbocycles. The maximum atomic E-state index is 11.3. The molecule has 1 aromatic rings. The number of aromatic nitrogens is 1. The summed E-state index contributed by atoms with van der Waals surface area (Å²) in [5.41, 5.74) is 1.04. The lowest BCUT2D eigenvalue weighted by Gasteiger charge is -2.19. The Kier molecular flexibility index (Phi) is 2.28. The van der Waals surface area contributed by atoms with E-state index in [1.165, 1.54) is 0 Å². The van der Waals surface area contributed by atoms with Gasteiger partial charge in [0.25, 0.3) is 0 Å². The van der Waals surface area contributed by atoms with Crippen molar-refractivity contribution in [3.8, 4) is 0 Å². The van der Waals surface area contributed by atoms with Gasteiger partial charge in [-0.05, 0) is 6.92 Å². The second kappa shape index (κ2) is 2.98. The predicted molar refractivity (Wildman–Crippen MR) is 50.9 cm³/mol. The third-order valence-corrected chi connectivity index (χ3v) is 1.88. The summed E-state index contributed by atoms with van der Waals surface area (Å²) in [4.78, 5) is 15.5. The summed E-state index contributed by atoms with van der Waals surface area (Å²) in [6, 6.07) is 0. The van der Waals surface area contributed by atoms with Crippen LogP contribution in [0, 0.1) is 13.8 Å². The maximum Gasteiger partial charge on any atom is 0.342 e. The van der Waals surface area contributed by atoms with E-state index in [1.807, 2.05) is 20.8 Å². The minimum atomic E-state index is -0.280. The van der Waals surface area contributed by atoms with Crippen molar-refractivity contribution in [3.05, 3.63) is 27.6 Å². The van der Waals surface area contributed by atoms with Crippen LogP contribution in [-0.4, -0.2) is 4.98 Å². The van der Waals surface area contributed by atoms with Crippen molar-refractivity contribution in [2.24, 2.45) is 0 Å². The van der Waals surface area contributed by atoms with Crippen LogP contribution >= 0.6 is 0 Å². The molecule has 1 rings (SSSR count). The molecule has 0 aromatic carbocycles. The summed E-state index contributed by atoms with van der Waals surface area (Å²) in [6.07, 6.45) is 0. The van der Waals surface area contributed by atoms with Gasteiger partial charge in [-0.2, -0.15) is 0 Å². The van der Waals surface area contributed by atoms with Crippen LogP contribution in [0.15, 0.2) is 9.21 Å². The number of rotatable bonds is 0. The van der Waals surface area contributed by atoms with E-state index in [1.54, 1.807) is 13.8 Å². The van der Waals surface area contributed by atoms with E-state index in [-0.39, 0.29) is 11.0 Å². The Morgan fingerprint density at radius 1 is 1.23 bits per heavy atom. The summed E-state index contributed by atoms with van der Waals surface area (Å²) in [6.45, 7) is 9.53. The van der Waals surface area contributed by atoms with E-state index < -0.39 is 0 Å². The lowest BCUT2D eigenvalue weighted by Crippen LogP contribution is -2.21. The summed E-state index contributed by atoms with van der Waals surface area (Å²) < 4.78 is 4.88. The Labute approximate surface area is 77.8 Å². The molecule has 1 heterocycles. The van der Waals surface area contributed by atoms with Gasteiger partial charge in [0.2, 0.25) is 0 Å². The van der Waals surface area contributed by atoms with Crippen molar-refractivity contribution in [3.63, 3.8) is 0 Å². The highest BCUT2D eigenvalue weighted by molar-refractivity contribution is 5.21. The fraction of sp³-hybridized carbons (Fsp3) is 0.600. The van der Waals surface area contributed by atoms with E-state index in [4.69, 9.17) is 4.42 Å². The van der Waals surface area contributed by atoms with Gasteiger partial charge in [-0.3, -0.25) is 0 Å². The molecular weight excluding hydrogens is 166 g/mol. The molecule has 0 atom stereocenters. The maximum absolute atomic E-state index is 11.3. The highest BCUT2D eigenvalue weighted by atomic mass is 16.4. The van der Waals surface area contributed by atoms with Crippen LogP contribution in [0.5, 0.6) is 0 Å². The van der Waals surface area contributed by atoms with Gasteiger partial charge in [0, 0.05) is 12.3 Å². The van der Waals surface area contributed by atoms with Crippen molar-refractivity contribution in [2.75, 3.05) is 0 Å². The molecule has 13 heavy (non-hydrogen) atoms. The summed E-state index contributed by atoms with van der Waals surface area (Å²) >= 11 is 0. The Morgan fingerprint density at radius 3 is 2.23 bits per heavy atom. The molecule has 1 aromatic heterocycles. The van der Waals surface area contributed by atoms with E-state index in [0.29, 0.717) is 11.5 Å². The molecule has 0 aliphatic heterocycles. The van der Waals surface area contributed by atoms with Crippen LogP contribution in [-0.2, 0) is 5.41 Å². The van der Waals surface area contributed by atoms with Crippen LogP contribution in [0.4, 0.5) is 0 Å². The van der Waals surface area contributed by atoms with E-state index in [2.05, 4.69) is 4.98 Å². The Balaban J connectivity index is 3.46. The quantitative estimate of drug-likeness (QED) is 0.614. The fourth-order valence-electron chi connectivity index (χ4n) is 1.30. The lowest BCUT2D eigenvalue weighted by atomic mass is 9.89. The van der Waals surface area contributed by atoms with Gasteiger partial charge in [0.15, 0.2) is 5.89 Å². The molecule has 0 bridgehead atoms. The molecule has 0 unspecified atom stereocenters. The second-order valence-electron chi connectivity index (χ2n) is 4.24. The van der Waals surface area contributed by atoms with Crippen molar-refractivity contribution < 1.29 is 4.42 Å². The van der Waals surface area contributed by atoms with Crippen molar-refractivity contribution in [1.29, 1.82) is 0 Å². The average Bonchev–Trinajstić information content (AvgIpc) is 1.94. The van der Waals surface area contributed by atoms with Gasteiger partial charge in [-0.25, -0.2) is 9.78 Å². The van der Waals surface area contributed by atoms with Crippen LogP contribution in [0.2, 0.25) is 0 Å². The number of hydrogen-bond acceptors (Lipinski definition) is 3. The predicted octanol–water partition coefficient (Wildman–Crippen LogP) is 1.95. The summed E-state index contributed by atoms with van der Waals surface area (Å²) in [5.74, 6) is 0.431. The molecule has 0 fully saturated rings. The number of nitrogens with zero attached hydrogens (tertiary/aromatic N) is 1. The van der Waals surface area contributed by atoms with E-state index in [0.717, 1.165) is 5.69 Å². The highest BCUT2D eigenvalue weighted by Crippen LogP contribution is 2.21. The van der Waals surface area contributed by atoms with Crippen LogP contribution < -0.4 is 5.63 Å².